The van der Waals surface area contributed by atoms with Crippen molar-refractivity contribution in [3.8, 4) is 11.3 Å². The zero-order valence-corrected chi connectivity index (χ0v) is 13.2. The minimum Gasteiger partial charge on any atom is -0.290 e. The van der Waals surface area contributed by atoms with Crippen LogP contribution < -0.4 is 0 Å². The van der Waals surface area contributed by atoms with E-state index in [1.807, 2.05) is 35.3 Å². The first kappa shape index (κ1) is 13.4. The standard InChI is InChI=1S/C12H12B3BrN4/c13-12(14,15)20-6-7(4-18-20)11-5-17-9-2-1-8(16)3-10(9)19-11/h1-6H,13-15H2. The molecule has 3 rings (SSSR count). The van der Waals surface area contributed by atoms with Crippen molar-refractivity contribution < 1.29 is 0 Å². The summed E-state index contributed by atoms with van der Waals surface area (Å²) in [7, 11) is 6.35. The van der Waals surface area contributed by atoms with Crippen LogP contribution in [0.2, 0.25) is 0 Å². The van der Waals surface area contributed by atoms with E-state index in [2.05, 4.69) is 54.5 Å². The molecule has 0 spiro atoms. The molecule has 0 fully saturated rings. The molecule has 3 aromatic rings. The molecule has 0 aliphatic heterocycles. The summed E-state index contributed by atoms with van der Waals surface area (Å²) in [6, 6.07) is 5.89. The Morgan fingerprint density at radius 3 is 2.60 bits per heavy atom. The summed E-state index contributed by atoms with van der Waals surface area (Å²) in [5.74, 6) is 0. The van der Waals surface area contributed by atoms with E-state index in [1.54, 1.807) is 6.20 Å². The van der Waals surface area contributed by atoms with E-state index in [0.717, 1.165) is 26.8 Å². The predicted octanol–water partition coefficient (Wildman–Crippen LogP) is -0.277. The van der Waals surface area contributed by atoms with E-state index in [-0.39, 0.29) is 5.24 Å². The third-order valence-corrected chi connectivity index (χ3v) is 3.56. The fourth-order valence-corrected chi connectivity index (χ4v) is 2.29. The number of benzene rings is 1. The molecule has 0 radical (unpaired) electrons. The Morgan fingerprint density at radius 1 is 1.10 bits per heavy atom. The van der Waals surface area contributed by atoms with Gasteiger partial charge in [0.25, 0.3) is 0 Å². The second-order valence-corrected chi connectivity index (χ2v) is 6.65. The van der Waals surface area contributed by atoms with Crippen molar-refractivity contribution in [2.24, 2.45) is 0 Å². The van der Waals surface area contributed by atoms with Crippen LogP contribution in [-0.2, 0) is 5.24 Å². The molecule has 0 unspecified atom stereocenters. The average molecular weight is 325 g/mol. The maximum absolute atomic E-state index is 4.66. The zero-order valence-electron chi connectivity index (χ0n) is 11.6. The Morgan fingerprint density at radius 2 is 1.90 bits per heavy atom. The molecule has 8 heteroatoms. The minimum absolute atomic E-state index is 0.0362. The van der Waals surface area contributed by atoms with Crippen molar-refractivity contribution in [3.63, 3.8) is 0 Å². The summed E-state index contributed by atoms with van der Waals surface area (Å²) in [5, 5.41) is 4.36. The van der Waals surface area contributed by atoms with Crippen LogP contribution in [0.25, 0.3) is 22.3 Å². The lowest BCUT2D eigenvalue weighted by atomic mass is 9.49. The van der Waals surface area contributed by atoms with Crippen LogP contribution in [-0.4, -0.2) is 43.3 Å². The summed E-state index contributed by atoms with van der Waals surface area (Å²) in [6.45, 7) is 0. The molecular formula is C12H12B3BrN4. The molecule has 0 saturated carbocycles. The lowest BCUT2D eigenvalue weighted by molar-refractivity contribution is 0.671. The quantitative estimate of drug-likeness (QED) is 0.609. The predicted molar refractivity (Wildman–Crippen MR) is 92.1 cm³/mol. The first-order valence-corrected chi connectivity index (χ1v) is 7.21. The van der Waals surface area contributed by atoms with Gasteiger partial charge in [0.15, 0.2) is 0 Å². The van der Waals surface area contributed by atoms with Crippen molar-refractivity contribution >= 4 is 50.5 Å². The first-order chi connectivity index (χ1) is 9.43. The van der Waals surface area contributed by atoms with Gasteiger partial charge in [-0.1, -0.05) is 15.9 Å². The SMILES string of the molecule is BC(B)(B)n1cc(-c2cnc3ccc(Br)cc3n2)cn1. The van der Waals surface area contributed by atoms with Gasteiger partial charge in [-0.3, -0.25) is 9.67 Å². The van der Waals surface area contributed by atoms with Gasteiger partial charge in [-0.2, -0.15) is 5.10 Å². The number of hydrogen-bond donors (Lipinski definition) is 0. The van der Waals surface area contributed by atoms with Crippen LogP contribution >= 0.6 is 15.9 Å². The first-order valence-electron chi connectivity index (χ1n) is 6.41. The van der Waals surface area contributed by atoms with E-state index >= 15 is 0 Å². The third kappa shape index (κ3) is 2.52. The van der Waals surface area contributed by atoms with Crippen molar-refractivity contribution in [2.75, 3.05) is 0 Å². The van der Waals surface area contributed by atoms with Crippen molar-refractivity contribution in [2.45, 2.75) is 5.24 Å². The van der Waals surface area contributed by atoms with Crippen molar-refractivity contribution in [1.29, 1.82) is 0 Å². The van der Waals surface area contributed by atoms with Gasteiger partial charge >= 0.3 is 0 Å². The summed E-state index contributed by atoms with van der Waals surface area (Å²) in [6.07, 6.45) is 5.63. The van der Waals surface area contributed by atoms with Gasteiger partial charge in [-0.25, -0.2) is 4.98 Å². The van der Waals surface area contributed by atoms with Crippen LogP contribution in [0, 0.1) is 0 Å². The number of hydrogen-bond acceptors (Lipinski definition) is 3. The molecule has 0 atom stereocenters. The van der Waals surface area contributed by atoms with Crippen LogP contribution in [0.1, 0.15) is 0 Å². The topological polar surface area (TPSA) is 43.6 Å². The molecule has 4 nitrogen and oxygen atoms in total. The molecule has 2 heterocycles. The van der Waals surface area contributed by atoms with Crippen LogP contribution in [0.15, 0.2) is 41.3 Å². The molecule has 20 heavy (non-hydrogen) atoms. The Labute approximate surface area is 128 Å². The number of halogens is 1. The van der Waals surface area contributed by atoms with Crippen LogP contribution in [0.4, 0.5) is 0 Å². The summed E-state index contributed by atoms with van der Waals surface area (Å²) in [5.41, 5.74) is 3.58. The van der Waals surface area contributed by atoms with Crippen LogP contribution in [0.3, 0.4) is 0 Å². The normalized spacial score (nSPS) is 11.8. The molecule has 1 aromatic carbocycles. The maximum Gasteiger partial charge on any atom is 0.116 e. The fourth-order valence-electron chi connectivity index (χ4n) is 1.95. The van der Waals surface area contributed by atoms with E-state index in [0.29, 0.717) is 0 Å². The molecule has 0 aliphatic carbocycles. The second kappa shape index (κ2) is 4.77. The third-order valence-electron chi connectivity index (χ3n) is 3.07. The molecule has 0 N–H and O–H groups in total. The van der Waals surface area contributed by atoms with Gasteiger partial charge in [-0.05, 0) is 23.4 Å². The Kier molecular flexibility index (Phi) is 3.20. The highest BCUT2D eigenvalue weighted by Gasteiger charge is 2.15. The highest BCUT2D eigenvalue weighted by atomic mass is 79.9. The molecule has 0 bridgehead atoms. The summed E-state index contributed by atoms with van der Waals surface area (Å²) in [4.78, 5) is 9.11. The second-order valence-electron chi connectivity index (χ2n) is 5.73. The average Bonchev–Trinajstić information content (AvgIpc) is 2.87. The van der Waals surface area contributed by atoms with Gasteiger partial charge in [0.05, 0.1) is 29.1 Å². The zero-order chi connectivity index (χ0) is 14.3. The summed E-state index contributed by atoms with van der Waals surface area (Å²) < 4.78 is 2.94. The number of rotatable bonds is 2. The molecule has 0 saturated heterocycles. The largest absolute Gasteiger partial charge is 0.290 e. The molecule has 0 aliphatic rings. The number of nitrogens with zero attached hydrogens (tertiary/aromatic N) is 4. The number of fused-ring (bicyclic) bond motifs is 1. The fraction of sp³-hybridized carbons (Fsp3) is 0.0833. The summed E-state index contributed by atoms with van der Waals surface area (Å²) >= 11 is 3.46. The van der Waals surface area contributed by atoms with Crippen molar-refractivity contribution in [3.05, 3.63) is 41.3 Å². The van der Waals surface area contributed by atoms with Crippen LogP contribution in [0.5, 0.6) is 0 Å². The smallest absolute Gasteiger partial charge is 0.116 e. The van der Waals surface area contributed by atoms with Gasteiger partial charge < -0.3 is 0 Å². The molecular weight excluding hydrogens is 313 g/mol. The monoisotopic (exact) mass is 324 g/mol. The maximum atomic E-state index is 4.66. The Hall–Kier alpha value is -1.56. The minimum atomic E-state index is -0.0362. The highest BCUT2D eigenvalue weighted by molar-refractivity contribution is 9.10. The molecule has 0 amide bonds. The number of aromatic nitrogens is 4. The molecule has 96 valence electrons. The molecule has 2 aromatic heterocycles. The van der Waals surface area contributed by atoms with E-state index in [9.17, 15) is 0 Å². The van der Waals surface area contributed by atoms with Gasteiger partial charge in [0.1, 0.15) is 23.5 Å². The van der Waals surface area contributed by atoms with Gasteiger partial charge in [0, 0.05) is 16.2 Å². The van der Waals surface area contributed by atoms with E-state index in [1.165, 1.54) is 0 Å². The lowest BCUT2D eigenvalue weighted by Gasteiger charge is -2.18. The lowest BCUT2D eigenvalue weighted by Crippen LogP contribution is -2.35. The van der Waals surface area contributed by atoms with E-state index in [4.69, 9.17) is 0 Å². The van der Waals surface area contributed by atoms with Crippen molar-refractivity contribution in [1.82, 2.24) is 19.7 Å². The van der Waals surface area contributed by atoms with E-state index < -0.39 is 0 Å². The highest BCUT2D eigenvalue weighted by Crippen LogP contribution is 2.21. The van der Waals surface area contributed by atoms with Gasteiger partial charge in [-0.15, -0.1) is 0 Å². The Bertz CT molecular complexity index is 782. The van der Waals surface area contributed by atoms with Gasteiger partial charge in [0.2, 0.25) is 0 Å². The Balaban J connectivity index is 2.08.